The maximum absolute atomic E-state index is 12.2. The van der Waals surface area contributed by atoms with E-state index in [-0.39, 0.29) is 12.4 Å². The van der Waals surface area contributed by atoms with E-state index in [1.165, 1.54) is 6.20 Å². The van der Waals surface area contributed by atoms with Crippen molar-refractivity contribution in [3.05, 3.63) is 63.9 Å². The summed E-state index contributed by atoms with van der Waals surface area (Å²) in [6.07, 6.45) is 2.07. The molecule has 0 aliphatic rings. The van der Waals surface area contributed by atoms with Gasteiger partial charge < -0.3 is 9.84 Å². The third kappa shape index (κ3) is 4.85. The Morgan fingerprint density at radius 2 is 2.09 bits per heavy atom. The van der Waals surface area contributed by atoms with Crippen LogP contribution in [0.3, 0.4) is 0 Å². The third-order valence-corrected chi connectivity index (χ3v) is 4.40. The minimum absolute atomic E-state index is 0.0414. The highest BCUT2D eigenvalue weighted by Gasteiger charge is 2.28. The maximum atomic E-state index is 12.2. The number of rotatable bonds is 6. The van der Waals surface area contributed by atoms with Gasteiger partial charge in [0.15, 0.2) is 0 Å². The molecule has 1 aromatic heterocycles. The number of benzene rings is 1. The number of halogens is 2. The van der Waals surface area contributed by atoms with E-state index in [1.54, 1.807) is 36.5 Å². The lowest BCUT2D eigenvalue weighted by Gasteiger charge is -2.20. The molecule has 0 saturated heterocycles. The molecule has 0 amide bonds. The highest BCUT2D eigenvalue weighted by Crippen LogP contribution is 2.25. The van der Waals surface area contributed by atoms with Crippen molar-refractivity contribution in [2.24, 2.45) is 5.92 Å². The van der Waals surface area contributed by atoms with Gasteiger partial charge in [0.25, 0.3) is 0 Å². The lowest BCUT2D eigenvalue weighted by Crippen LogP contribution is -2.26. The van der Waals surface area contributed by atoms with Crippen LogP contribution >= 0.6 is 35.8 Å². The second kappa shape index (κ2) is 8.55. The predicted molar refractivity (Wildman–Crippen MR) is 92.8 cm³/mol. The van der Waals surface area contributed by atoms with E-state index in [2.05, 4.69) is 17.6 Å². The van der Waals surface area contributed by atoms with Crippen LogP contribution in [0, 0.1) is 5.92 Å². The fraction of sp³-hybridized carbons (Fsp3) is 0.250. The average Bonchev–Trinajstić information content (AvgIpc) is 2.57. The third-order valence-electron chi connectivity index (χ3n) is 3.27. The molecule has 1 aromatic carbocycles. The Morgan fingerprint density at radius 3 is 2.70 bits per heavy atom. The van der Waals surface area contributed by atoms with Crippen molar-refractivity contribution in [3.63, 3.8) is 0 Å². The van der Waals surface area contributed by atoms with Crippen LogP contribution in [-0.4, -0.2) is 21.8 Å². The van der Waals surface area contributed by atoms with Gasteiger partial charge in [-0.3, -0.25) is 9.78 Å². The van der Waals surface area contributed by atoms with E-state index < -0.39 is 18.0 Å². The first-order valence-electron chi connectivity index (χ1n) is 6.82. The first kappa shape index (κ1) is 18.1. The lowest BCUT2D eigenvalue weighted by molar-refractivity contribution is -0.153. The van der Waals surface area contributed by atoms with E-state index in [9.17, 15) is 9.90 Å². The number of ether oxygens (including phenoxy) is 1. The quantitative estimate of drug-likeness (QED) is 0.600. The van der Waals surface area contributed by atoms with Gasteiger partial charge in [0.1, 0.15) is 6.61 Å². The van der Waals surface area contributed by atoms with Crippen molar-refractivity contribution < 1.29 is 14.6 Å². The topological polar surface area (TPSA) is 59.4 Å². The van der Waals surface area contributed by atoms with Crippen LogP contribution in [0.4, 0.5) is 0 Å². The molecule has 2 unspecified atom stereocenters. The van der Waals surface area contributed by atoms with Crippen molar-refractivity contribution in [3.8, 4) is 0 Å². The number of carbonyl (C=O) groups excluding carboxylic acids is 1. The van der Waals surface area contributed by atoms with Crippen LogP contribution in [0.25, 0.3) is 0 Å². The van der Waals surface area contributed by atoms with Crippen LogP contribution in [0.2, 0.25) is 10.0 Å². The molecule has 23 heavy (non-hydrogen) atoms. The first-order chi connectivity index (χ1) is 11.0. The van der Waals surface area contributed by atoms with Crippen molar-refractivity contribution in [2.75, 3.05) is 5.75 Å². The van der Waals surface area contributed by atoms with E-state index in [0.29, 0.717) is 21.2 Å². The normalized spacial score (nSPS) is 13.4. The molecule has 1 N–H and O–H groups in total. The molecule has 0 spiro atoms. The van der Waals surface area contributed by atoms with Crippen molar-refractivity contribution in [1.29, 1.82) is 0 Å². The monoisotopic (exact) mass is 371 g/mol. The molecule has 0 fully saturated rings. The van der Waals surface area contributed by atoms with Gasteiger partial charge in [-0.25, -0.2) is 0 Å². The van der Waals surface area contributed by atoms with Gasteiger partial charge in [0.2, 0.25) is 0 Å². The number of pyridine rings is 1. The number of nitrogens with zero attached hydrogens (tertiary/aromatic N) is 1. The van der Waals surface area contributed by atoms with Gasteiger partial charge >= 0.3 is 5.97 Å². The molecule has 0 aliphatic carbocycles. The minimum atomic E-state index is -1.03. The summed E-state index contributed by atoms with van der Waals surface area (Å²) in [4.78, 5) is 16.1. The smallest absolute Gasteiger partial charge is 0.313 e. The maximum Gasteiger partial charge on any atom is 0.313 e. The molecule has 0 aliphatic heterocycles. The molecular formula is C16H15Cl2NO3S. The summed E-state index contributed by atoms with van der Waals surface area (Å²) in [5.41, 5.74) is 1.25. The summed E-state index contributed by atoms with van der Waals surface area (Å²) in [5.74, 6) is -1.18. The standard InChI is InChI=1S/C16H15Cl2NO3S/c17-13-4-3-10(6-14(13)18)8-22-16(21)12(9-23)15(20)11-2-1-5-19-7-11/h1-7,12,15,20,23H,8-9H2. The summed E-state index contributed by atoms with van der Waals surface area (Å²) in [6, 6.07) is 8.36. The number of aliphatic hydroxyl groups excluding tert-OH is 1. The highest BCUT2D eigenvalue weighted by molar-refractivity contribution is 7.80. The summed E-state index contributed by atoms with van der Waals surface area (Å²) in [6.45, 7) is 0.0414. The first-order valence-corrected chi connectivity index (χ1v) is 8.21. The Labute approximate surface area is 149 Å². The van der Waals surface area contributed by atoms with Crippen molar-refractivity contribution in [1.82, 2.24) is 4.98 Å². The summed E-state index contributed by atoms with van der Waals surface area (Å²) in [5, 5.41) is 11.1. The molecule has 2 rings (SSSR count). The van der Waals surface area contributed by atoms with Gasteiger partial charge in [-0.05, 0) is 29.3 Å². The Morgan fingerprint density at radius 1 is 1.30 bits per heavy atom. The summed E-state index contributed by atoms with van der Waals surface area (Å²) >= 11 is 15.9. The summed E-state index contributed by atoms with van der Waals surface area (Å²) in [7, 11) is 0. The lowest BCUT2D eigenvalue weighted by atomic mass is 9.99. The molecule has 0 bridgehead atoms. The van der Waals surface area contributed by atoms with E-state index in [1.807, 2.05) is 0 Å². The number of thiol groups is 1. The molecule has 7 heteroatoms. The fourth-order valence-corrected chi connectivity index (χ4v) is 2.65. The number of aromatic nitrogens is 1. The zero-order valence-electron chi connectivity index (χ0n) is 12.0. The molecule has 0 saturated carbocycles. The predicted octanol–water partition coefficient (Wildman–Crippen LogP) is 3.71. The Bertz CT molecular complexity index is 670. The molecule has 2 atom stereocenters. The van der Waals surface area contributed by atoms with Gasteiger partial charge in [-0.1, -0.05) is 35.3 Å². The molecular weight excluding hydrogens is 357 g/mol. The van der Waals surface area contributed by atoms with Crippen LogP contribution in [0.5, 0.6) is 0 Å². The van der Waals surface area contributed by atoms with Crippen LogP contribution in [-0.2, 0) is 16.1 Å². The molecule has 0 radical (unpaired) electrons. The zero-order valence-corrected chi connectivity index (χ0v) is 14.4. The SMILES string of the molecule is O=C(OCc1ccc(Cl)c(Cl)c1)C(CS)C(O)c1cccnc1. The Hall–Kier alpha value is -1.27. The largest absolute Gasteiger partial charge is 0.460 e. The minimum Gasteiger partial charge on any atom is -0.460 e. The Kier molecular flexibility index (Phi) is 6.72. The van der Waals surface area contributed by atoms with E-state index in [4.69, 9.17) is 27.9 Å². The second-order valence-electron chi connectivity index (χ2n) is 4.88. The number of hydrogen-bond acceptors (Lipinski definition) is 5. The number of esters is 1. The van der Waals surface area contributed by atoms with E-state index in [0.717, 1.165) is 0 Å². The Balaban J connectivity index is 2.01. The highest BCUT2D eigenvalue weighted by atomic mass is 35.5. The second-order valence-corrected chi connectivity index (χ2v) is 6.06. The number of hydrogen-bond donors (Lipinski definition) is 2. The van der Waals surface area contributed by atoms with Gasteiger partial charge in [-0.2, -0.15) is 12.6 Å². The molecule has 4 nitrogen and oxygen atoms in total. The van der Waals surface area contributed by atoms with E-state index >= 15 is 0 Å². The van der Waals surface area contributed by atoms with Gasteiger partial charge in [-0.15, -0.1) is 0 Å². The number of aliphatic hydroxyl groups is 1. The molecule has 122 valence electrons. The average molecular weight is 372 g/mol. The van der Waals surface area contributed by atoms with Crippen LogP contribution in [0.1, 0.15) is 17.2 Å². The fourth-order valence-electron chi connectivity index (χ4n) is 1.98. The molecule has 1 heterocycles. The van der Waals surface area contributed by atoms with Gasteiger partial charge in [0.05, 0.1) is 22.1 Å². The molecule has 2 aromatic rings. The van der Waals surface area contributed by atoms with Crippen molar-refractivity contribution >= 4 is 41.8 Å². The zero-order chi connectivity index (χ0) is 16.8. The van der Waals surface area contributed by atoms with Crippen molar-refractivity contribution in [2.45, 2.75) is 12.7 Å². The van der Waals surface area contributed by atoms with Crippen LogP contribution < -0.4 is 0 Å². The summed E-state index contributed by atoms with van der Waals surface area (Å²) < 4.78 is 5.25. The number of carbonyl (C=O) groups is 1. The van der Waals surface area contributed by atoms with Gasteiger partial charge in [0, 0.05) is 18.1 Å². The van der Waals surface area contributed by atoms with Crippen LogP contribution in [0.15, 0.2) is 42.7 Å².